The third kappa shape index (κ3) is 12.5. The molecule has 0 bridgehead atoms. The predicted molar refractivity (Wildman–Crippen MR) is 188 cm³/mol. The van der Waals surface area contributed by atoms with Gasteiger partial charge >= 0.3 is 12.2 Å². The molecule has 0 aliphatic heterocycles. The summed E-state index contributed by atoms with van der Waals surface area (Å²) in [4.78, 5) is 53.5. The summed E-state index contributed by atoms with van der Waals surface area (Å²) in [5, 5.41) is 9.32. The van der Waals surface area contributed by atoms with Crippen molar-refractivity contribution >= 4 is 35.6 Å². The Hall–Kier alpha value is -3.83. The number of hydrogen-bond acceptors (Lipinski definition) is 7. The Balaban J connectivity index is 1.64. The van der Waals surface area contributed by atoms with Crippen LogP contribution in [0.25, 0.3) is 0 Å². The number of amides is 4. The molecule has 11 nitrogen and oxygen atoms in total. The third-order valence-electron chi connectivity index (χ3n) is 8.57. The van der Waals surface area contributed by atoms with Crippen molar-refractivity contribution in [3.8, 4) is 0 Å². The lowest BCUT2D eigenvalue weighted by molar-refractivity contribution is 0.0274. The Labute approximate surface area is 294 Å². The van der Waals surface area contributed by atoms with E-state index < -0.39 is 23.9 Å². The zero-order valence-corrected chi connectivity index (χ0v) is 30.1. The van der Waals surface area contributed by atoms with Gasteiger partial charge in [0, 0.05) is 48.4 Å². The number of methoxy groups -OCH3 is 1. The second-order valence-electron chi connectivity index (χ2n) is 14.1. The van der Waals surface area contributed by atoms with E-state index in [1.165, 1.54) is 18.4 Å². The number of carbonyl (C=O) groups excluding carboxylic acids is 4. The number of halogens is 1. The summed E-state index contributed by atoms with van der Waals surface area (Å²) in [6.45, 7) is 6.02. The molecule has 2 saturated carbocycles. The lowest BCUT2D eigenvalue weighted by Crippen LogP contribution is -2.46. The highest BCUT2D eigenvalue weighted by atomic mass is 35.5. The van der Waals surface area contributed by atoms with E-state index in [0.717, 1.165) is 44.9 Å². The number of benzene rings is 2. The first-order chi connectivity index (χ1) is 23.3. The highest BCUT2D eigenvalue weighted by Gasteiger charge is 2.29. The van der Waals surface area contributed by atoms with Crippen molar-refractivity contribution in [3.05, 3.63) is 69.7 Å². The second kappa shape index (κ2) is 17.7. The Morgan fingerprint density at radius 3 is 2.27 bits per heavy atom. The number of nitrogens with zero attached hydrogens (tertiary/aromatic N) is 1. The van der Waals surface area contributed by atoms with E-state index in [4.69, 9.17) is 21.1 Å². The second-order valence-corrected chi connectivity index (χ2v) is 14.5. The molecule has 4 amide bonds. The molecule has 4 rings (SSSR count). The number of likely N-dealkylation sites (N-methyl/N-ethyl adjacent to an activating group) is 1. The van der Waals surface area contributed by atoms with Crippen LogP contribution in [0.4, 0.5) is 9.59 Å². The number of hydrogen-bond donors (Lipinski definition) is 3. The molecule has 12 heteroatoms. The van der Waals surface area contributed by atoms with Crippen molar-refractivity contribution in [1.29, 1.82) is 0 Å². The maximum absolute atomic E-state index is 14.1. The van der Waals surface area contributed by atoms with Gasteiger partial charge < -0.3 is 35.1 Å². The minimum absolute atomic E-state index is 0.112. The summed E-state index contributed by atoms with van der Waals surface area (Å²) < 4.78 is 16.5. The van der Waals surface area contributed by atoms with E-state index in [1.54, 1.807) is 43.4 Å². The van der Waals surface area contributed by atoms with Crippen LogP contribution in [0.15, 0.2) is 42.5 Å². The van der Waals surface area contributed by atoms with Crippen molar-refractivity contribution in [2.45, 2.75) is 95.9 Å². The Morgan fingerprint density at radius 1 is 0.939 bits per heavy atom. The standard InChI is InChI=1S/C37H51ClN4O7/c1-37(2,3)49-36(46)42(4)23-31(18-24-10-7-6-8-11-24)41-34(44)28-20-26(19-27(21-28)33(43)40-30-14-15-30)32(25-12-9-13-29(38)22-25)48-17-16-39-35(45)47-5/h9,12-13,19-22,24,30-32H,6-8,10-11,14-18,23H2,1-5H3,(H,39,45)(H,40,43)(H,41,44)/t31-,32?/m0/s1. The van der Waals surface area contributed by atoms with Gasteiger partial charge in [-0.3, -0.25) is 9.59 Å². The number of nitrogens with one attached hydrogen (secondary N) is 3. The third-order valence-corrected chi connectivity index (χ3v) is 8.80. The van der Waals surface area contributed by atoms with E-state index in [9.17, 15) is 19.2 Å². The number of alkyl carbamates (subject to hydrolysis) is 1. The fraction of sp³-hybridized carbons (Fsp3) is 0.568. The Bertz CT molecular complexity index is 1450. The van der Waals surface area contributed by atoms with Gasteiger partial charge in [-0.1, -0.05) is 55.8 Å². The molecule has 2 aliphatic rings. The fourth-order valence-corrected chi connectivity index (χ4v) is 6.23. The molecule has 49 heavy (non-hydrogen) atoms. The SMILES string of the molecule is COC(=O)NCCOC(c1cccc(Cl)c1)c1cc(C(=O)NC2CC2)cc(C(=O)N[C@@H](CC2CCCCC2)CN(C)C(=O)OC(C)(C)C)c1. The van der Waals surface area contributed by atoms with Gasteiger partial charge in [-0.15, -0.1) is 0 Å². The van der Waals surface area contributed by atoms with Gasteiger partial charge in [0.25, 0.3) is 11.8 Å². The summed E-state index contributed by atoms with van der Waals surface area (Å²) >= 11 is 6.37. The van der Waals surface area contributed by atoms with Crippen LogP contribution >= 0.6 is 11.6 Å². The minimum Gasteiger partial charge on any atom is -0.453 e. The maximum atomic E-state index is 14.1. The van der Waals surface area contributed by atoms with Crippen LogP contribution < -0.4 is 16.0 Å². The van der Waals surface area contributed by atoms with Crippen molar-refractivity contribution in [2.24, 2.45) is 5.92 Å². The molecule has 0 radical (unpaired) electrons. The molecular formula is C37H51ClN4O7. The molecule has 2 aromatic carbocycles. The van der Waals surface area contributed by atoms with Crippen molar-refractivity contribution in [1.82, 2.24) is 20.9 Å². The zero-order chi connectivity index (χ0) is 35.6. The Kier molecular flexibility index (Phi) is 13.7. The average molecular weight is 699 g/mol. The highest BCUT2D eigenvalue weighted by Crippen LogP contribution is 2.31. The molecule has 2 aliphatic carbocycles. The molecule has 0 spiro atoms. The molecule has 2 atom stereocenters. The van der Waals surface area contributed by atoms with E-state index >= 15 is 0 Å². The molecule has 2 aromatic rings. The zero-order valence-electron chi connectivity index (χ0n) is 29.3. The topological polar surface area (TPSA) is 135 Å². The summed E-state index contributed by atoms with van der Waals surface area (Å²) in [6.07, 6.45) is 6.44. The van der Waals surface area contributed by atoms with Gasteiger partial charge in [0.05, 0.1) is 13.7 Å². The molecule has 3 N–H and O–H groups in total. The first kappa shape index (κ1) is 38.0. The smallest absolute Gasteiger partial charge is 0.410 e. The van der Waals surface area contributed by atoms with Gasteiger partial charge in [0.15, 0.2) is 0 Å². The van der Waals surface area contributed by atoms with Crippen LogP contribution in [-0.2, 0) is 14.2 Å². The van der Waals surface area contributed by atoms with Crippen LogP contribution in [0.5, 0.6) is 0 Å². The largest absolute Gasteiger partial charge is 0.453 e. The van der Waals surface area contributed by atoms with Crippen LogP contribution in [0.3, 0.4) is 0 Å². The van der Waals surface area contributed by atoms with Gasteiger partial charge in [0.1, 0.15) is 11.7 Å². The van der Waals surface area contributed by atoms with Crippen LogP contribution in [-0.4, -0.2) is 80.4 Å². The highest BCUT2D eigenvalue weighted by molar-refractivity contribution is 6.30. The van der Waals surface area contributed by atoms with E-state index in [2.05, 4.69) is 20.7 Å². The van der Waals surface area contributed by atoms with Crippen molar-refractivity contribution in [3.63, 3.8) is 0 Å². The number of rotatable bonds is 14. The number of ether oxygens (including phenoxy) is 3. The summed E-state index contributed by atoms with van der Waals surface area (Å²) in [7, 11) is 2.96. The lowest BCUT2D eigenvalue weighted by Gasteiger charge is -2.31. The quantitative estimate of drug-likeness (QED) is 0.189. The summed E-state index contributed by atoms with van der Waals surface area (Å²) in [6, 6.07) is 12.0. The van der Waals surface area contributed by atoms with Crippen LogP contribution in [0.1, 0.15) is 110 Å². The summed E-state index contributed by atoms with van der Waals surface area (Å²) in [5.41, 5.74) is 1.25. The fourth-order valence-electron chi connectivity index (χ4n) is 6.04. The summed E-state index contributed by atoms with van der Waals surface area (Å²) in [5.74, 6) is -0.214. The predicted octanol–water partition coefficient (Wildman–Crippen LogP) is 6.63. The first-order valence-corrected chi connectivity index (χ1v) is 17.6. The molecule has 0 saturated heterocycles. The van der Waals surface area contributed by atoms with Crippen molar-refractivity contribution < 1.29 is 33.4 Å². The molecular weight excluding hydrogens is 648 g/mol. The Morgan fingerprint density at radius 2 is 1.63 bits per heavy atom. The van der Waals surface area contributed by atoms with E-state index in [1.807, 2.05) is 26.8 Å². The minimum atomic E-state index is -0.713. The van der Waals surface area contributed by atoms with Gasteiger partial charge in [-0.2, -0.15) is 0 Å². The van der Waals surface area contributed by atoms with E-state index in [-0.39, 0.29) is 49.2 Å². The molecule has 0 aromatic heterocycles. The molecule has 2 fully saturated rings. The monoisotopic (exact) mass is 698 g/mol. The van der Waals surface area contributed by atoms with Gasteiger partial charge in [-0.25, -0.2) is 9.59 Å². The van der Waals surface area contributed by atoms with Gasteiger partial charge in [0.2, 0.25) is 0 Å². The number of carbonyl (C=O) groups is 4. The first-order valence-electron chi connectivity index (χ1n) is 17.2. The van der Waals surface area contributed by atoms with E-state index in [0.29, 0.717) is 27.6 Å². The normalized spacial score (nSPS) is 16.2. The molecule has 268 valence electrons. The van der Waals surface area contributed by atoms with Crippen LogP contribution in [0.2, 0.25) is 5.02 Å². The van der Waals surface area contributed by atoms with Crippen molar-refractivity contribution in [2.75, 3.05) is 33.9 Å². The van der Waals surface area contributed by atoms with Gasteiger partial charge in [-0.05, 0) is 87.4 Å². The lowest BCUT2D eigenvalue weighted by atomic mass is 9.84. The average Bonchev–Trinajstić information content (AvgIpc) is 3.88. The maximum Gasteiger partial charge on any atom is 0.410 e. The molecule has 1 unspecified atom stereocenters. The molecule has 0 heterocycles. The van der Waals surface area contributed by atoms with Crippen LogP contribution in [0, 0.1) is 5.92 Å².